The number of hydrogen-bond acceptors (Lipinski definition) is 3. The highest BCUT2D eigenvalue weighted by Crippen LogP contribution is 2.31. The summed E-state index contributed by atoms with van der Waals surface area (Å²) in [6.45, 7) is 0.323. The van der Waals surface area contributed by atoms with Crippen LogP contribution in [0.15, 0.2) is 36.9 Å². The topological polar surface area (TPSA) is 44.1 Å². The number of hydrogen-bond donors (Lipinski definition) is 0. The summed E-state index contributed by atoms with van der Waals surface area (Å²) in [5.41, 5.74) is 0.530. The molecular weight excluding hydrogens is 240 g/mol. The van der Waals surface area contributed by atoms with Crippen molar-refractivity contribution >= 4 is 17.4 Å². The number of fused-ring (bicyclic) bond motifs is 1. The molecule has 0 amide bonds. The molecule has 86 valence electrons. The number of nitrogens with zero attached hydrogens (tertiary/aromatic N) is 2. The molecule has 0 fully saturated rings. The molecule has 1 aliphatic heterocycles. The van der Waals surface area contributed by atoms with E-state index in [-0.39, 0.29) is 11.8 Å². The van der Waals surface area contributed by atoms with Crippen molar-refractivity contribution in [3.8, 4) is 5.75 Å². The second-order valence-corrected chi connectivity index (χ2v) is 4.28. The standard InChI is InChI=1S/C12H9ClN2O2/c13-8-1-2-11-9(5-8)12(16)10(6-17-11)15-4-3-14-7-15/h1-5,7,10H,6H2. The molecule has 0 spiro atoms. The van der Waals surface area contributed by atoms with Crippen molar-refractivity contribution in [3.63, 3.8) is 0 Å². The lowest BCUT2D eigenvalue weighted by atomic mass is 10.0. The minimum Gasteiger partial charge on any atom is -0.490 e. The quantitative estimate of drug-likeness (QED) is 0.778. The average Bonchev–Trinajstić information content (AvgIpc) is 2.84. The van der Waals surface area contributed by atoms with E-state index in [4.69, 9.17) is 16.3 Å². The molecule has 0 aliphatic carbocycles. The minimum absolute atomic E-state index is 0.00625. The molecule has 2 heterocycles. The van der Waals surface area contributed by atoms with Crippen molar-refractivity contribution in [1.82, 2.24) is 9.55 Å². The van der Waals surface area contributed by atoms with E-state index in [0.29, 0.717) is 22.9 Å². The number of ketones is 1. The van der Waals surface area contributed by atoms with Crippen LogP contribution < -0.4 is 4.74 Å². The summed E-state index contributed by atoms with van der Waals surface area (Å²) in [4.78, 5) is 16.2. The zero-order valence-electron chi connectivity index (χ0n) is 8.84. The van der Waals surface area contributed by atoms with E-state index in [9.17, 15) is 4.79 Å². The van der Waals surface area contributed by atoms with Crippen LogP contribution in [0.25, 0.3) is 0 Å². The Morgan fingerprint density at radius 2 is 2.35 bits per heavy atom. The van der Waals surface area contributed by atoms with Gasteiger partial charge < -0.3 is 9.30 Å². The molecule has 1 aromatic carbocycles. The molecule has 5 heteroatoms. The Labute approximate surface area is 103 Å². The van der Waals surface area contributed by atoms with Gasteiger partial charge in [0, 0.05) is 17.4 Å². The van der Waals surface area contributed by atoms with Gasteiger partial charge >= 0.3 is 0 Å². The van der Waals surface area contributed by atoms with Crippen molar-refractivity contribution in [2.24, 2.45) is 0 Å². The molecular formula is C12H9ClN2O2. The summed E-state index contributed by atoms with van der Waals surface area (Å²) < 4.78 is 7.30. The van der Waals surface area contributed by atoms with Crippen LogP contribution in [0, 0.1) is 0 Å². The first-order valence-corrected chi connectivity index (χ1v) is 5.57. The Bertz CT molecular complexity index is 566. The molecule has 0 bridgehead atoms. The minimum atomic E-state index is -0.358. The number of benzene rings is 1. The maximum atomic E-state index is 12.3. The molecule has 1 unspecified atom stereocenters. The molecule has 0 N–H and O–H groups in total. The molecule has 0 saturated carbocycles. The number of imidazole rings is 1. The second kappa shape index (κ2) is 3.89. The van der Waals surface area contributed by atoms with E-state index in [1.54, 1.807) is 41.5 Å². The van der Waals surface area contributed by atoms with Crippen LogP contribution >= 0.6 is 11.6 Å². The molecule has 1 atom stereocenters. The molecule has 2 aromatic rings. The van der Waals surface area contributed by atoms with Crippen LogP contribution in [-0.4, -0.2) is 21.9 Å². The monoisotopic (exact) mass is 248 g/mol. The highest BCUT2D eigenvalue weighted by atomic mass is 35.5. The normalized spacial score (nSPS) is 18.6. The van der Waals surface area contributed by atoms with Gasteiger partial charge in [0.25, 0.3) is 0 Å². The summed E-state index contributed by atoms with van der Waals surface area (Å²) in [5.74, 6) is 0.600. The number of carbonyl (C=O) groups excluding carboxylic acids is 1. The summed E-state index contributed by atoms with van der Waals surface area (Å²) >= 11 is 5.89. The third kappa shape index (κ3) is 1.70. The van der Waals surface area contributed by atoms with Gasteiger partial charge in [-0.15, -0.1) is 0 Å². The Morgan fingerprint density at radius 1 is 1.47 bits per heavy atom. The van der Waals surface area contributed by atoms with E-state index in [1.165, 1.54) is 0 Å². The second-order valence-electron chi connectivity index (χ2n) is 3.84. The molecule has 1 aromatic heterocycles. The van der Waals surface area contributed by atoms with Gasteiger partial charge in [0.1, 0.15) is 18.4 Å². The van der Waals surface area contributed by atoms with Crippen molar-refractivity contribution in [2.75, 3.05) is 6.61 Å². The molecule has 3 rings (SSSR count). The largest absolute Gasteiger partial charge is 0.490 e. The van der Waals surface area contributed by atoms with Crippen LogP contribution in [0.5, 0.6) is 5.75 Å². The fourth-order valence-corrected chi connectivity index (χ4v) is 2.09. The van der Waals surface area contributed by atoms with Gasteiger partial charge in [-0.05, 0) is 18.2 Å². The number of Topliss-reactive ketones (excluding diaryl/α,β-unsaturated/α-hetero) is 1. The van der Waals surface area contributed by atoms with Crippen molar-refractivity contribution < 1.29 is 9.53 Å². The highest BCUT2D eigenvalue weighted by Gasteiger charge is 2.29. The van der Waals surface area contributed by atoms with Gasteiger partial charge in [-0.2, -0.15) is 0 Å². The van der Waals surface area contributed by atoms with E-state index in [2.05, 4.69) is 4.98 Å². The molecule has 1 aliphatic rings. The van der Waals surface area contributed by atoms with Gasteiger partial charge in [-0.25, -0.2) is 4.98 Å². The lowest BCUT2D eigenvalue weighted by Crippen LogP contribution is -2.29. The van der Waals surface area contributed by atoms with Crippen molar-refractivity contribution in [2.45, 2.75) is 6.04 Å². The summed E-state index contributed by atoms with van der Waals surface area (Å²) in [7, 11) is 0. The van der Waals surface area contributed by atoms with Crippen LogP contribution in [0.3, 0.4) is 0 Å². The van der Waals surface area contributed by atoms with Crippen LogP contribution in [0.2, 0.25) is 5.02 Å². The lowest BCUT2D eigenvalue weighted by Gasteiger charge is -2.24. The third-order valence-corrected chi connectivity index (χ3v) is 3.03. The Hall–Kier alpha value is -1.81. The van der Waals surface area contributed by atoms with Crippen LogP contribution in [0.1, 0.15) is 16.4 Å². The average molecular weight is 249 g/mol. The first-order chi connectivity index (χ1) is 8.25. The maximum Gasteiger partial charge on any atom is 0.192 e. The Kier molecular flexibility index (Phi) is 2.37. The van der Waals surface area contributed by atoms with Crippen molar-refractivity contribution in [3.05, 3.63) is 47.5 Å². The molecule has 0 saturated heterocycles. The van der Waals surface area contributed by atoms with E-state index in [1.807, 2.05) is 0 Å². The number of aromatic nitrogens is 2. The summed E-state index contributed by atoms with van der Waals surface area (Å²) in [6.07, 6.45) is 5.00. The fraction of sp³-hybridized carbons (Fsp3) is 0.167. The van der Waals surface area contributed by atoms with Gasteiger partial charge in [0.2, 0.25) is 0 Å². The van der Waals surface area contributed by atoms with Gasteiger partial charge in [-0.1, -0.05) is 11.6 Å². The first kappa shape index (κ1) is 10.4. The number of halogens is 1. The number of carbonyl (C=O) groups is 1. The predicted octanol–water partition coefficient (Wildman–Crippen LogP) is 2.35. The summed E-state index contributed by atoms with van der Waals surface area (Å²) in [6, 6.07) is 4.72. The predicted molar refractivity (Wildman–Crippen MR) is 62.5 cm³/mol. The third-order valence-electron chi connectivity index (χ3n) is 2.79. The number of rotatable bonds is 1. The molecule has 4 nitrogen and oxygen atoms in total. The molecule has 17 heavy (non-hydrogen) atoms. The zero-order valence-corrected chi connectivity index (χ0v) is 9.59. The van der Waals surface area contributed by atoms with Crippen LogP contribution in [-0.2, 0) is 0 Å². The maximum absolute atomic E-state index is 12.3. The first-order valence-electron chi connectivity index (χ1n) is 5.20. The lowest BCUT2D eigenvalue weighted by molar-refractivity contribution is 0.0841. The van der Waals surface area contributed by atoms with E-state index < -0.39 is 0 Å². The smallest absolute Gasteiger partial charge is 0.192 e. The Balaban J connectivity index is 2.03. The zero-order chi connectivity index (χ0) is 11.8. The summed E-state index contributed by atoms with van der Waals surface area (Å²) in [5, 5.41) is 0.534. The number of ether oxygens (including phenoxy) is 1. The van der Waals surface area contributed by atoms with E-state index in [0.717, 1.165) is 0 Å². The SMILES string of the molecule is O=C1c2cc(Cl)ccc2OCC1n1ccnc1. The van der Waals surface area contributed by atoms with Gasteiger partial charge in [-0.3, -0.25) is 4.79 Å². The van der Waals surface area contributed by atoms with Gasteiger partial charge in [0.05, 0.1) is 11.9 Å². The highest BCUT2D eigenvalue weighted by molar-refractivity contribution is 6.31. The van der Waals surface area contributed by atoms with Crippen molar-refractivity contribution in [1.29, 1.82) is 0 Å². The van der Waals surface area contributed by atoms with Gasteiger partial charge in [0.15, 0.2) is 5.78 Å². The molecule has 0 radical (unpaired) electrons. The van der Waals surface area contributed by atoms with Crippen LogP contribution in [0.4, 0.5) is 0 Å². The Morgan fingerprint density at radius 3 is 3.12 bits per heavy atom. The fourth-order valence-electron chi connectivity index (χ4n) is 1.92. The van der Waals surface area contributed by atoms with E-state index >= 15 is 0 Å².